The van der Waals surface area contributed by atoms with Crippen molar-refractivity contribution in [2.75, 3.05) is 6.61 Å². The molecular formula is C13H10N4O3S. The summed E-state index contributed by atoms with van der Waals surface area (Å²) in [6, 6.07) is 6.98. The van der Waals surface area contributed by atoms with Gasteiger partial charge in [-0.1, -0.05) is 23.5 Å². The Morgan fingerprint density at radius 3 is 2.81 bits per heavy atom. The molecule has 2 N–H and O–H groups in total. The van der Waals surface area contributed by atoms with Gasteiger partial charge in [-0.2, -0.15) is 9.61 Å². The first kappa shape index (κ1) is 13.3. The third-order valence-corrected chi connectivity index (χ3v) is 3.65. The molecule has 2 aromatic heterocycles. The van der Waals surface area contributed by atoms with Crippen LogP contribution in [0.15, 0.2) is 35.4 Å². The number of benzene rings is 1. The number of carbonyl (C=O) groups excluding carboxylic acids is 1. The summed E-state index contributed by atoms with van der Waals surface area (Å²) < 4.78 is 6.98. The van der Waals surface area contributed by atoms with Crippen molar-refractivity contribution in [1.29, 1.82) is 0 Å². The molecule has 0 radical (unpaired) electrons. The van der Waals surface area contributed by atoms with Crippen molar-refractivity contribution in [3.63, 3.8) is 0 Å². The van der Waals surface area contributed by atoms with E-state index in [0.717, 1.165) is 5.56 Å². The molecule has 0 aliphatic rings. The lowest BCUT2D eigenvalue weighted by molar-refractivity contribution is -0.119. The number of nitrogens with zero attached hydrogens (tertiary/aromatic N) is 3. The Bertz CT molecular complexity index is 898. The van der Waals surface area contributed by atoms with E-state index in [4.69, 9.17) is 10.5 Å². The van der Waals surface area contributed by atoms with Crippen molar-refractivity contribution in [3.05, 3.63) is 51.0 Å². The van der Waals surface area contributed by atoms with E-state index in [2.05, 4.69) is 10.1 Å². The number of ether oxygens (including phenoxy) is 1. The van der Waals surface area contributed by atoms with Crippen molar-refractivity contribution in [3.8, 4) is 5.75 Å². The van der Waals surface area contributed by atoms with Crippen LogP contribution in [-0.4, -0.2) is 27.1 Å². The van der Waals surface area contributed by atoms with Crippen LogP contribution in [0.5, 0.6) is 5.75 Å². The molecular weight excluding hydrogens is 292 g/mol. The SMILES string of the molecule is NC(=O)COc1ccc(C=c2sc3ncnn3c2=O)cc1. The van der Waals surface area contributed by atoms with Crippen LogP contribution in [-0.2, 0) is 4.79 Å². The Balaban J connectivity index is 1.89. The van der Waals surface area contributed by atoms with Crippen molar-refractivity contribution >= 4 is 28.3 Å². The van der Waals surface area contributed by atoms with Crippen molar-refractivity contribution < 1.29 is 9.53 Å². The van der Waals surface area contributed by atoms with Crippen LogP contribution in [0.2, 0.25) is 0 Å². The fraction of sp³-hybridized carbons (Fsp3) is 0.0769. The third kappa shape index (κ3) is 2.75. The summed E-state index contributed by atoms with van der Waals surface area (Å²) in [5, 5.41) is 3.86. The molecule has 106 valence electrons. The summed E-state index contributed by atoms with van der Waals surface area (Å²) in [5.74, 6) is 0.00649. The molecule has 1 amide bonds. The van der Waals surface area contributed by atoms with E-state index in [1.165, 1.54) is 22.2 Å². The van der Waals surface area contributed by atoms with Crippen LogP contribution in [0.3, 0.4) is 0 Å². The monoisotopic (exact) mass is 302 g/mol. The largest absolute Gasteiger partial charge is 0.484 e. The molecule has 1 aromatic carbocycles. The van der Waals surface area contributed by atoms with Crippen LogP contribution in [0.4, 0.5) is 0 Å². The number of hydrogen-bond acceptors (Lipinski definition) is 6. The number of aromatic nitrogens is 3. The van der Waals surface area contributed by atoms with Crippen molar-refractivity contribution in [2.24, 2.45) is 5.73 Å². The second-order valence-electron chi connectivity index (χ2n) is 4.19. The zero-order chi connectivity index (χ0) is 14.8. The van der Waals surface area contributed by atoms with Gasteiger partial charge in [0.15, 0.2) is 6.61 Å². The summed E-state index contributed by atoms with van der Waals surface area (Å²) in [5.41, 5.74) is 5.64. The molecule has 3 rings (SSSR count). The fourth-order valence-electron chi connectivity index (χ4n) is 1.74. The molecule has 0 aliphatic heterocycles. The van der Waals surface area contributed by atoms with Crippen LogP contribution in [0, 0.1) is 0 Å². The minimum atomic E-state index is -0.531. The standard InChI is InChI=1S/C13H10N4O3S/c14-11(18)6-20-9-3-1-8(2-4-9)5-10-12(19)17-13(21-10)15-7-16-17/h1-5,7H,6H2,(H2,14,18). The highest BCUT2D eigenvalue weighted by atomic mass is 32.1. The zero-order valence-corrected chi connectivity index (χ0v) is 11.5. The number of thiazole rings is 1. The fourth-order valence-corrected chi connectivity index (χ4v) is 2.63. The van der Waals surface area contributed by atoms with E-state index in [1.54, 1.807) is 30.3 Å². The number of primary amides is 1. The van der Waals surface area contributed by atoms with Crippen LogP contribution < -0.4 is 20.6 Å². The minimum Gasteiger partial charge on any atom is -0.484 e. The van der Waals surface area contributed by atoms with Gasteiger partial charge in [0.05, 0.1) is 4.53 Å². The lowest BCUT2D eigenvalue weighted by Crippen LogP contribution is -2.23. The molecule has 21 heavy (non-hydrogen) atoms. The molecule has 2 heterocycles. The Kier molecular flexibility index (Phi) is 3.36. The Labute approximate surface area is 122 Å². The number of carbonyl (C=O) groups is 1. The minimum absolute atomic E-state index is 0.165. The molecule has 0 spiro atoms. The highest BCUT2D eigenvalue weighted by molar-refractivity contribution is 7.15. The molecule has 0 saturated carbocycles. The Morgan fingerprint density at radius 1 is 1.38 bits per heavy atom. The van der Waals surface area contributed by atoms with E-state index >= 15 is 0 Å². The maximum absolute atomic E-state index is 12.0. The number of fused-ring (bicyclic) bond motifs is 1. The summed E-state index contributed by atoms with van der Waals surface area (Å²) in [7, 11) is 0. The molecule has 0 fully saturated rings. The van der Waals surface area contributed by atoms with E-state index in [0.29, 0.717) is 15.2 Å². The highest BCUT2D eigenvalue weighted by Gasteiger charge is 2.05. The Hall–Kier alpha value is -2.74. The maximum Gasteiger partial charge on any atom is 0.291 e. The van der Waals surface area contributed by atoms with Crippen molar-refractivity contribution in [2.45, 2.75) is 0 Å². The van der Waals surface area contributed by atoms with Gasteiger partial charge >= 0.3 is 0 Å². The summed E-state index contributed by atoms with van der Waals surface area (Å²) in [4.78, 5) is 27.2. The van der Waals surface area contributed by atoms with Gasteiger partial charge < -0.3 is 10.5 Å². The first-order valence-electron chi connectivity index (χ1n) is 5.99. The predicted molar refractivity (Wildman–Crippen MR) is 77.1 cm³/mol. The number of rotatable bonds is 4. The van der Waals surface area contributed by atoms with Crippen LogP contribution in [0.1, 0.15) is 5.56 Å². The molecule has 0 saturated heterocycles. The number of hydrogen-bond donors (Lipinski definition) is 1. The molecule has 3 aromatic rings. The van der Waals surface area contributed by atoms with Crippen LogP contribution in [0.25, 0.3) is 11.0 Å². The first-order chi connectivity index (χ1) is 10.1. The Morgan fingerprint density at radius 2 is 2.14 bits per heavy atom. The smallest absolute Gasteiger partial charge is 0.291 e. The quantitative estimate of drug-likeness (QED) is 0.704. The van der Waals surface area contributed by atoms with E-state index in [9.17, 15) is 9.59 Å². The van der Waals surface area contributed by atoms with Gasteiger partial charge in [0.1, 0.15) is 12.1 Å². The van der Waals surface area contributed by atoms with Gasteiger partial charge in [0.2, 0.25) is 4.96 Å². The van der Waals surface area contributed by atoms with Gasteiger partial charge in [0, 0.05) is 0 Å². The molecule has 0 unspecified atom stereocenters. The average Bonchev–Trinajstić information content (AvgIpc) is 3.03. The van der Waals surface area contributed by atoms with Gasteiger partial charge in [-0.15, -0.1) is 0 Å². The topological polar surface area (TPSA) is 99.6 Å². The normalized spacial score (nSPS) is 11.9. The maximum atomic E-state index is 12.0. The van der Waals surface area contributed by atoms with Gasteiger partial charge in [-0.25, -0.2) is 4.98 Å². The predicted octanol–water partition coefficient (Wildman–Crippen LogP) is -0.437. The number of nitrogens with two attached hydrogens (primary N) is 1. The molecule has 0 bridgehead atoms. The summed E-state index contributed by atoms with van der Waals surface area (Å²) >= 11 is 1.27. The first-order valence-corrected chi connectivity index (χ1v) is 6.80. The van der Waals surface area contributed by atoms with Crippen LogP contribution >= 0.6 is 11.3 Å². The van der Waals surface area contributed by atoms with Gasteiger partial charge in [0.25, 0.3) is 11.5 Å². The highest BCUT2D eigenvalue weighted by Crippen LogP contribution is 2.12. The van der Waals surface area contributed by atoms with Gasteiger partial charge in [-0.3, -0.25) is 9.59 Å². The molecule has 0 aliphatic carbocycles. The average molecular weight is 302 g/mol. The van der Waals surface area contributed by atoms with Gasteiger partial charge in [-0.05, 0) is 23.8 Å². The molecule has 7 nitrogen and oxygen atoms in total. The van der Waals surface area contributed by atoms with E-state index in [1.807, 2.05) is 0 Å². The lowest BCUT2D eigenvalue weighted by atomic mass is 10.2. The second-order valence-corrected chi connectivity index (χ2v) is 5.20. The summed E-state index contributed by atoms with van der Waals surface area (Å²) in [6.45, 7) is -0.165. The second kappa shape index (κ2) is 5.33. The zero-order valence-electron chi connectivity index (χ0n) is 10.7. The van der Waals surface area contributed by atoms with Crippen molar-refractivity contribution in [1.82, 2.24) is 14.6 Å². The lowest BCUT2D eigenvalue weighted by Gasteiger charge is -2.03. The summed E-state index contributed by atoms with van der Waals surface area (Å²) in [6.07, 6.45) is 3.10. The number of amides is 1. The van der Waals surface area contributed by atoms with E-state index < -0.39 is 5.91 Å². The third-order valence-electron chi connectivity index (χ3n) is 2.68. The molecule has 0 atom stereocenters. The molecule has 8 heteroatoms. The van der Waals surface area contributed by atoms with E-state index in [-0.39, 0.29) is 12.2 Å².